The Labute approximate surface area is 169 Å². The molecule has 9 heteroatoms. The van der Waals surface area contributed by atoms with Crippen molar-refractivity contribution in [2.75, 3.05) is 14.2 Å². The monoisotopic (exact) mass is 408 g/mol. The first-order chi connectivity index (χ1) is 13.7. The van der Waals surface area contributed by atoms with E-state index in [9.17, 15) is 19.7 Å². The lowest BCUT2D eigenvalue weighted by molar-refractivity contribution is -0.385. The van der Waals surface area contributed by atoms with E-state index < -0.39 is 28.6 Å². The van der Waals surface area contributed by atoms with E-state index in [4.69, 9.17) is 14.2 Å². The van der Waals surface area contributed by atoms with Gasteiger partial charge in [0.25, 0.3) is 11.6 Å². The van der Waals surface area contributed by atoms with Gasteiger partial charge in [-0.15, -0.1) is 0 Å². The Morgan fingerprint density at radius 3 is 2.38 bits per heavy atom. The van der Waals surface area contributed by atoms with Crippen LogP contribution in [0.2, 0.25) is 0 Å². The van der Waals surface area contributed by atoms with Crippen LogP contribution in [-0.2, 0) is 9.53 Å². The van der Waals surface area contributed by atoms with Crippen LogP contribution in [0.5, 0.6) is 11.5 Å². The van der Waals surface area contributed by atoms with Gasteiger partial charge in [0.1, 0.15) is 5.56 Å². The molecule has 0 aromatic heterocycles. The second kappa shape index (κ2) is 9.58. The molecule has 1 aromatic carbocycles. The molecule has 0 saturated heterocycles. The van der Waals surface area contributed by atoms with Crippen molar-refractivity contribution < 1.29 is 28.7 Å². The van der Waals surface area contributed by atoms with Crippen LogP contribution in [-0.4, -0.2) is 43.2 Å². The van der Waals surface area contributed by atoms with E-state index in [-0.39, 0.29) is 23.1 Å². The molecule has 0 radical (unpaired) electrons. The second-order valence-electron chi connectivity index (χ2n) is 7.41. The maximum atomic E-state index is 12.6. The van der Waals surface area contributed by atoms with E-state index in [1.165, 1.54) is 27.2 Å². The fourth-order valence-electron chi connectivity index (χ4n) is 3.55. The first-order valence-electron chi connectivity index (χ1n) is 9.61. The second-order valence-corrected chi connectivity index (χ2v) is 7.41. The summed E-state index contributed by atoms with van der Waals surface area (Å²) in [5.41, 5.74) is -0.804. The molecule has 0 spiro atoms. The van der Waals surface area contributed by atoms with Crippen LogP contribution in [0, 0.1) is 22.0 Å². The van der Waals surface area contributed by atoms with Crippen LogP contribution in [0.25, 0.3) is 0 Å². The number of hydrogen-bond donors (Lipinski definition) is 1. The summed E-state index contributed by atoms with van der Waals surface area (Å²) in [5.74, 6) is -0.323. The molecule has 1 N–H and O–H groups in total. The van der Waals surface area contributed by atoms with E-state index in [0.717, 1.165) is 25.3 Å². The Morgan fingerprint density at radius 1 is 1.17 bits per heavy atom. The molecule has 29 heavy (non-hydrogen) atoms. The van der Waals surface area contributed by atoms with Crippen LogP contribution in [0.4, 0.5) is 5.69 Å². The third kappa shape index (κ3) is 5.16. The standard InChI is InChI=1S/C20H28N2O7/c1-11-7-6-8-15(12(11)2)21-19(23)13(3)29-20(24)14-9-17(27-4)18(28-5)10-16(14)22(25)26/h9-13,15H,6-8H2,1-5H3,(H,21,23)/t11-,12+,13+,15+/m0/s1. The zero-order valence-electron chi connectivity index (χ0n) is 17.4. The van der Waals surface area contributed by atoms with Gasteiger partial charge in [0.05, 0.1) is 25.2 Å². The minimum atomic E-state index is -1.10. The summed E-state index contributed by atoms with van der Waals surface area (Å²) in [4.78, 5) is 35.7. The summed E-state index contributed by atoms with van der Waals surface area (Å²) in [5, 5.41) is 14.3. The minimum Gasteiger partial charge on any atom is -0.493 e. The fourth-order valence-corrected chi connectivity index (χ4v) is 3.55. The third-order valence-corrected chi connectivity index (χ3v) is 5.61. The van der Waals surface area contributed by atoms with Crippen LogP contribution in [0.15, 0.2) is 12.1 Å². The molecule has 0 heterocycles. The van der Waals surface area contributed by atoms with Gasteiger partial charge < -0.3 is 19.5 Å². The summed E-state index contributed by atoms with van der Waals surface area (Å²) < 4.78 is 15.4. The van der Waals surface area contributed by atoms with E-state index in [1.54, 1.807) is 0 Å². The Balaban J connectivity index is 2.14. The number of esters is 1. The van der Waals surface area contributed by atoms with Gasteiger partial charge in [0.15, 0.2) is 17.6 Å². The predicted octanol–water partition coefficient (Wildman–Crippen LogP) is 3.10. The van der Waals surface area contributed by atoms with Crippen molar-refractivity contribution in [2.45, 2.75) is 52.2 Å². The summed E-state index contributed by atoms with van der Waals surface area (Å²) >= 11 is 0. The summed E-state index contributed by atoms with van der Waals surface area (Å²) in [6, 6.07) is 2.28. The van der Waals surface area contributed by atoms with Gasteiger partial charge in [0, 0.05) is 12.1 Å². The number of benzene rings is 1. The van der Waals surface area contributed by atoms with Crippen molar-refractivity contribution >= 4 is 17.6 Å². The summed E-state index contributed by atoms with van der Waals surface area (Å²) in [6.07, 6.45) is 1.93. The van der Waals surface area contributed by atoms with Crippen molar-refractivity contribution in [3.63, 3.8) is 0 Å². The molecule has 0 bridgehead atoms. The number of nitro benzene ring substituents is 1. The molecule has 0 unspecified atom stereocenters. The maximum absolute atomic E-state index is 12.6. The maximum Gasteiger partial charge on any atom is 0.346 e. The van der Waals surface area contributed by atoms with Crippen molar-refractivity contribution in [2.24, 2.45) is 11.8 Å². The third-order valence-electron chi connectivity index (χ3n) is 5.61. The Kier molecular flexibility index (Phi) is 7.41. The highest BCUT2D eigenvalue weighted by molar-refractivity contribution is 5.96. The number of nitrogens with zero attached hydrogens (tertiary/aromatic N) is 1. The molecule has 9 nitrogen and oxygen atoms in total. The van der Waals surface area contributed by atoms with Gasteiger partial charge in [-0.1, -0.05) is 26.7 Å². The van der Waals surface area contributed by atoms with Crippen LogP contribution >= 0.6 is 0 Å². The fraction of sp³-hybridized carbons (Fsp3) is 0.600. The molecule has 1 aromatic rings. The van der Waals surface area contributed by atoms with Crippen LogP contribution < -0.4 is 14.8 Å². The van der Waals surface area contributed by atoms with Crippen molar-refractivity contribution in [1.29, 1.82) is 0 Å². The number of nitro groups is 1. The van der Waals surface area contributed by atoms with E-state index >= 15 is 0 Å². The van der Waals surface area contributed by atoms with Gasteiger partial charge in [0.2, 0.25) is 0 Å². The molecule has 1 amide bonds. The SMILES string of the molecule is COc1cc(C(=O)O[C@H](C)C(=O)N[C@@H]2CCC[C@H](C)[C@H]2C)c([N+](=O)[O-])cc1OC. The smallest absolute Gasteiger partial charge is 0.346 e. The lowest BCUT2D eigenvalue weighted by Crippen LogP contribution is -2.47. The van der Waals surface area contributed by atoms with E-state index in [1.807, 2.05) is 0 Å². The molecule has 160 valence electrons. The number of rotatable bonds is 7. The zero-order valence-corrected chi connectivity index (χ0v) is 17.4. The molecule has 1 saturated carbocycles. The van der Waals surface area contributed by atoms with Crippen LogP contribution in [0.1, 0.15) is 50.4 Å². The number of ether oxygens (including phenoxy) is 3. The predicted molar refractivity (Wildman–Crippen MR) is 105 cm³/mol. The molecule has 1 aliphatic carbocycles. The zero-order chi connectivity index (χ0) is 21.7. The average Bonchev–Trinajstić information content (AvgIpc) is 2.69. The van der Waals surface area contributed by atoms with Crippen LogP contribution in [0.3, 0.4) is 0 Å². The molecule has 1 fully saturated rings. The quantitative estimate of drug-likeness (QED) is 0.418. The molecular formula is C20H28N2O7. The number of nitrogens with one attached hydrogen (secondary N) is 1. The molecule has 0 aliphatic heterocycles. The first kappa shape index (κ1) is 22.4. The highest BCUT2D eigenvalue weighted by atomic mass is 16.6. The highest BCUT2D eigenvalue weighted by Gasteiger charge is 2.32. The van der Waals surface area contributed by atoms with Crippen molar-refractivity contribution in [3.05, 3.63) is 27.8 Å². The molecule has 1 aliphatic rings. The van der Waals surface area contributed by atoms with Crippen molar-refractivity contribution in [1.82, 2.24) is 5.32 Å². The summed E-state index contributed by atoms with van der Waals surface area (Å²) in [6.45, 7) is 5.69. The number of hydrogen-bond acceptors (Lipinski definition) is 7. The summed E-state index contributed by atoms with van der Waals surface area (Å²) in [7, 11) is 2.68. The lowest BCUT2D eigenvalue weighted by Gasteiger charge is -2.35. The Bertz CT molecular complexity index is 780. The largest absolute Gasteiger partial charge is 0.493 e. The van der Waals surface area contributed by atoms with Gasteiger partial charge in [-0.05, 0) is 25.2 Å². The number of carbonyl (C=O) groups excluding carboxylic acids is 2. The Hall–Kier alpha value is -2.84. The van der Waals surface area contributed by atoms with E-state index in [2.05, 4.69) is 19.2 Å². The van der Waals surface area contributed by atoms with Crippen molar-refractivity contribution in [3.8, 4) is 11.5 Å². The van der Waals surface area contributed by atoms with E-state index in [0.29, 0.717) is 11.8 Å². The minimum absolute atomic E-state index is 0.0165. The number of carbonyl (C=O) groups is 2. The van der Waals surface area contributed by atoms with Gasteiger partial charge >= 0.3 is 5.97 Å². The topological polar surface area (TPSA) is 117 Å². The molecule has 4 atom stereocenters. The lowest BCUT2D eigenvalue weighted by atomic mass is 9.78. The molecular weight excluding hydrogens is 380 g/mol. The average molecular weight is 408 g/mol. The van der Waals surface area contributed by atoms with Gasteiger partial charge in [-0.3, -0.25) is 14.9 Å². The normalized spacial score (nSPS) is 22.3. The van der Waals surface area contributed by atoms with Gasteiger partial charge in [-0.25, -0.2) is 4.79 Å². The number of amides is 1. The first-order valence-corrected chi connectivity index (χ1v) is 9.61. The number of methoxy groups -OCH3 is 2. The van der Waals surface area contributed by atoms with Gasteiger partial charge in [-0.2, -0.15) is 0 Å². The Morgan fingerprint density at radius 2 is 1.79 bits per heavy atom. The molecule has 2 rings (SSSR count). The highest BCUT2D eigenvalue weighted by Crippen LogP contribution is 2.35.